The predicted octanol–water partition coefficient (Wildman–Crippen LogP) is 3.93. The van der Waals surface area contributed by atoms with E-state index < -0.39 is 0 Å². The Bertz CT molecular complexity index is 406. The summed E-state index contributed by atoms with van der Waals surface area (Å²) in [6.07, 6.45) is 7.85. The highest BCUT2D eigenvalue weighted by atomic mass is 14.8. The normalized spacial score (nSPS) is 33.6. The Morgan fingerprint density at radius 2 is 1.82 bits per heavy atom. The van der Waals surface area contributed by atoms with Crippen molar-refractivity contribution in [2.45, 2.75) is 56.9 Å². The van der Waals surface area contributed by atoms with Gasteiger partial charge in [0.25, 0.3) is 0 Å². The molecule has 0 heterocycles. The van der Waals surface area contributed by atoms with Crippen LogP contribution in [0.25, 0.3) is 0 Å². The van der Waals surface area contributed by atoms with Gasteiger partial charge in [-0.1, -0.05) is 44.0 Å². The summed E-state index contributed by atoms with van der Waals surface area (Å²) in [6.45, 7) is 2.34. The maximum absolute atomic E-state index is 6.84. The molecule has 2 unspecified atom stereocenters. The maximum Gasteiger partial charge on any atom is 0.0441 e. The summed E-state index contributed by atoms with van der Waals surface area (Å²) in [5.41, 5.74) is 9.77. The van der Waals surface area contributed by atoms with Gasteiger partial charge in [0.1, 0.15) is 0 Å². The SMILES string of the molecule is CC1CCC(N)(C2CCCC2)c2ccccc21. The Morgan fingerprint density at radius 3 is 2.59 bits per heavy atom. The fraction of sp³-hybridized carbons (Fsp3) is 0.625. The first-order valence-electron chi connectivity index (χ1n) is 7.10. The van der Waals surface area contributed by atoms with Crippen LogP contribution in [0.2, 0.25) is 0 Å². The van der Waals surface area contributed by atoms with Crippen LogP contribution in [-0.2, 0) is 5.54 Å². The van der Waals surface area contributed by atoms with Crippen molar-refractivity contribution < 1.29 is 0 Å². The molecule has 0 radical (unpaired) electrons. The third-order valence-corrected chi connectivity index (χ3v) is 5.07. The van der Waals surface area contributed by atoms with Gasteiger partial charge in [0.2, 0.25) is 0 Å². The number of nitrogens with two attached hydrogens (primary N) is 1. The van der Waals surface area contributed by atoms with Crippen molar-refractivity contribution in [3.05, 3.63) is 35.4 Å². The monoisotopic (exact) mass is 229 g/mol. The van der Waals surface area contributed by atoms with Gasteiger partial charge in [-0.05, 0) is 48.6 Å². The Hall–Kier alpha value is -0.820. The highest BCUT2D eigenvalue weighted by molar-refractivity contribution is 5.39. The van der Waals surface area contributed by atoms with Crippen LogP contribution in [0.15, 0.2) is 24.3 Å². The molecule has 1 fully saturated rings. The standard InChI is InChI=1S/C16H23N/c1-12-10-11-16(17,13-6-2-3-7-13)15-9-5-4-8-14(12)15/h4-5,8-9,12-13H,2-3,6-7,10-11,17H2,1H3. The summed E-state index contributed by atoms with van der Waals surface area (Å²) in [6, 6.07) is 8.89. The summed E-state index contributed by atoms with van der Waals surface area (Å²) in [5, 5.41) is 0. The zero-order valence-electron chi connectivity index (χ0n) is 10.8. The third kappa shape index (κ3) is 1.72. The van der Waals surface area contributed by atoms with Crippen LogP contribution in [0.1, 0.15) is 62.5 Å². The van der Waals surface area contributed by atoms with Crippen molar-refractivity contribution in [3.8, 4) is 0 Å². The van der Waals surface area contributed by atoms with Gasteiger partial charge in [-0.2, -0.15) is 0 Å². The van der Waals surface area contributed by atoms with E-state index in [1.807, 2.05) is 0 Å². The fourth-order valence-electron chi connectivity index (χ4n) is 3.96. The lowest BCUT2D eigenvalue weighted by Crippen LogP contribution is -2.46. The first-order chi connectivity index (χ1) is 8.22. The molecule has 2 aliphatic carbocycles. The second kappa shape index (κ2) is 4.13. The van der Waals surface area contributed by atoms with E-state index in [-0.39, 0.29) is 5.54 Å². The number of hydrogen-bond donors (Lipinski definition) is 1. The molecular formula is C16H23N. The van der Waals surface area contributed by atoms with Crippen molar-refractivity contribution in [1.82, 2.24) is 0 Å². The van der Waals surface area contributed by atoms with Gasteiger partial charge in [-0.3, -0.25) is 0 Å². The molecule has 2 aliphatic rings. The van der Waals surface area contributed by atoms with Crippen LogP contribution in [0, 0.1) is 5.92 Å². The predicted molar refractivity (Wildman–Crippen MR) is 71.9 cm³/mol. The Morgan fingerprint density at radius 1 is 1.12 bits per heavy atom. The molecule has 2 atom stereocenters. The summed E-state index contributed by atoms with van der Waals surface area (Å²) in [5.74, 6) is 1.40. The van der Waals surface area contributed by atoms with E-state index in [9.17, 15) is 0 Å². The Kier molecular flexibility index (Phi) is 2.74. The zero-order valence-corrected chi connectivity index (χ0v) is 10.8. The number of fused-ring (bicyclic) bond motifs is 1. The fourth-order valence-corrected chi connectivity index (χ4v) is 3.96. The van der Waals surface area contributed by atoms with Crippen molar-refractivity contribution in [2.75, 3.05) is 0 Å². The van der Waals surface area contributed by atoms with Gasteiger partial charge in [-0.25, -0.2) is 0 Å². The van der Waals surface area contributed by atoms with Gasteiger partial charge in [-0.15, -0.1) is 0 Å². The molecule has 0 aliphatic heterocycles. The number of hydrogen-bond acceptors (Lipinski definition) is 1. The van der Waals surface area contributed by atoms with E-state index in [0.29, 0.717) is 5.92 Å². The molecule has 17 heavy (non-hydrogen) atoms. The Labute approximate surface area is 104 Å². The smallest absolute Gasteiger partial charge is 0.0441 e. The average molecular weight is 229 g/mol. The molecule has 0 saturated heterocycles. The molecule has 1 aromatic carbocycles. The number of rotatable bonds is 1. The lowest BCUT2D eigenvalue weighted by atomic mass is 9.66. The minimum atomic E-state index is -0.0282. The van der Waals surface area contributed by atoms with Crippen LogP contribution in [0.5, 0.6) is 0 Å². The van der Waals surface area contributed by atoms with Crippen molar-refractivity contribution >= 4 is 0 Å². The van der Waals surface area contributed by atoms with Crippen LogP contribution >= 0.6 is 0 Å². The van der Waals surface area contributed by atoms with Gasteiger partial charge in [0.15, 0.2) is 0 Å². The summed E-state index contributed by atoms with van der Waals surface area (Å²) < 4.78 is 0. The van der Waals surface area contributed by atoms with Crippen LogP contribution in [0.4, 0.5) is 0 Å². The molecule has 0 amide bonds. The zero-order chi connectivity index (χ0) is 11.9. The molecule has 1 saturated carbocycles. The molecule has 92 valence electrons. The van der Waals surface area contributed by atoms with E-state index in [1.165, 1.54) is 49.7 Å². The van der Waals surface area contributed by atoms with Gasteiger partial charge in [0, 0.05) is 5.54 Å². The molecule has 1 aromatic rings. The molecule has 0 aromatic heterocycles. The van der Waals surface area contributed by atoms with E-state index in [0.717, 1.165) is 5.92 Å². The summed E-state index contributed by atoms with van der Waals surface area (Å²) in [7, 11) is 0. The van der Waals surface area contributed by atoms with Crippen LogP contribution in [0.3, 0.4) is 0 Å². The van der Waals surface area contributed by atoms with Gasteiger partial charge < -0.3 is 5.73 Å². The minimum absolute atomic E-state index is 0.0282. The van der Waals surface area contributed by atoms with Crippen LogP contribution in [-0.4, -0.2) is 0 Å². The topological polar surface area (TPSA) is 26.0 Å². The lowest BCUT2D eigenvalue weighted by Gasteiger charge is -2.42. The highest BCUT2D eigenvalue weighted by Crippen LogP contribution is 2.48. The van der Waals surface area contributed by atoms with Crippen molar-refractivity contribution in [2.24, 2.45) is 11.7 Å². The lowest BCUT2D eigenvalue weighted by molar-refractivity contribution is 0.232. The van der Waals surface area contributed by atoms with Crippen LogP contribution < -0.4 is 5.73 Å². The maximum atomic E-state index is 6.84. The minimum Gasteiger partial charge on any atom is -0.321 e. The van der Waals surface area contributed by atoms with E-state index in [2.05, 4.69) is 31.2 Å². The third-order valence-electron chi connectivity index (χ3n) is 5.07. The largest absolute Gasteiger partial charge is 0.321 e. The molecule has 0 bridgehead atoms. The average Bonchev–Trinajstić information content (AvgIpc) is 2.89. The highest BCUT2D eigenvalue weighted by Gasteiger charge is 2.42. The molecule has 1 nitrogen and oxygen atoms in total. The van der Waals surface area contributed by atoms with E-state index in [1.54, 1.807) is 0 Å². The quantitative estimate of drug-likeness (QED) is 0.776. The molecule has 3 rings (SSSR count). The van der Waals surface area contributed by atoms with E-state index in [4.69, 9.17) is 5.73 Å². The summed E-state index contributed by atoms with van der Waals surface area (Å²) >= 11 is 0. The van der Waals surface area contributed by atoms with Gasteiger partial charge >= 0.3 is 0 Å². The first kappa shape index (κ1) is 11.3. The second-order valence-corrected chi connectivity index (χ2v) is 6.05. The molecule has 1 heteroatoms. The Balaban J connectivity index is 2.04. The second-order valence-electron chi connectivity index (χ2n) is 6.05. The molecular weight excluding hydrogens is 206 g/mol. The summed E-state index contributed by atoms with van der Waals surface area (Å²) in [4.78, 5) is 0. The first-order valence-corrected chi connectivity index (χ1v) is 7.10. The molecule has 2 N–H and O–H groups in total. The van der Waals surface area contributed by atoms with E-state index >= 15 is 0 Å². The van der Waals surface area contributed by atoms with Crippen molar-refractivity contribution in [1.29, 1.82) is 0 Å². The van der Waals surface area contributed by atoms with Crippen molar-refractivity contribution in [3.63, 3.8) is 0 Å². The number of benzene rings is 1. The van der Waals surface area contributed by atoms with Gasteiger partial charge in [0.05, 0.1) is 0 Å². The molecule has 0 spiro atoms.